The predicted molar refractivity (Wildman–Crippen MR) is 112 cm³/mol. The smallest absolute Gasteiger partial charge is 0.180 e. The van der Waals surface area contributed by atoms with Gasteiger partial charge in [0.2, 0.25) is 0 Å². The van der Waals surface area contributed by atoms with Gasteiger partial charge in [-0.25, -0.2) is 9.97 Å². The van der Waals surface area contributed by atoms with Crippen LogP contribution in [0.2, 0.25) is 5.02 Å². The average molecular weight is 406 g/mol. The molecule has 0 bridgehead atoms. The highest BCUT2D eigenvalue weighted by Crippen LogP contribution is 2.45. The third kappa shape index (κ3) is 2.70. The number of hydrogen-bond acceptors (Lipinski definition) is 6. The highest BCUT2D eigenvalue weighted by Gasteiger charge is 2.25. The summed E-state index contributed by atoms with van der Waals surface area (Å²) in [6.45, 7) is 0. The molecule has 4 heterocycles. The molecule has 3 aromatic heterocycles. The quantitative estimate of drug-likeness (QED) is 0.442. The van der Waals surface area contributed by atoms with E-state index in [1.54, 1.807) is 32.8 Å². The average Bonchev–Trinajstić information content (AvgIpc) is 3.13. The zero-order valence-electron chi connectivity index (χ0n) is 15.7. The van der Waals surface area contributed by atoms with E-state index in [2.05, 4.69) is 20.3 Å². The normalized spacial score (nSPS) is 11.6. The molecular weight excluding hydrogens is 390 g/mol. The molecule has 0 fully saturated rings. The van der Waals surface area contributed by atoms with E-state index in [1.807, 2.05) is 30.3 Å². The summed E-state index contributed by atoms with van der Waals surface area (Å²) in [6, 6.07) is 9.47. The molecule has 1 aliphatic heterocycles. The van der Waals surface area contributed by atoms with Crippen LogP contribution < -0.4 is 14.8 Å². The van der Waals surface area contributed by atoms with E-state index in [4.69, 9.17) is 26.1 Å². The number of anilines is 2. The lowest BCUT2D eigenvalue weighted by atomic mass is 10.1. The number of methoxy groups -OCH3 is 2. The van der Waals surface area contributed by atoms with Gasteiger partial charge in [-0.3, -0.25) is 4.98 Å². The number of rotatable bonds is 3. The molecule has 0 saturated carbocycles. The number of aromatic amines is 1. The van der Waals surface area contributed by atoms with Crippen LogP contribution in [0.5, 0.6) is 11.5 Å². The first-order chi connectivity index (χ1) is 14.2. The fraction of sp³-hybridized carbons (Fsp3) is 0.0952. The van der Waals surface area contributed by atoms with Crippen molar-refractivity contribution in [2.75, 3.05) is 19.5 Å². The summed E-state index contributed by atoms with van der Waals surface area (Å²) in [5.74, 6) is 2.37. The van der Waals surface area contributed by atoms with Crippen LogP contribution in [-0.2, 0) is 0 Å². The number of benzene rings is 1. The van der Waals surface area contributed by atoms with Crippen LogP contribution in [-0.4, -0.2) is 34.2 Å². The first kappa shape index (κ1) is 17.5. The molecule has 0 aliphatic carbocycles. The SMILES string of the molecule is COc1ccc(-c2nc3c([nH]2)-c2ccncc2Nc2ncccc2-3)c(Cl)c1OC. The Labute approximate surface area is 171 Å². The largest absolute Gasteiger partial charge is 0.493 e. The second-order valence-electron chi connectivity index (χ2n) is 6.42. The Morgan fingerprint density at radius 3 is 2.69 bits per heavy atom. The maximum absolute atomic E-state index is 6.62. The molecule has 4 aromatic rings. The van der Waals surface area contributed by atoms with Gasteiger partial charge < -0.3 is 19.8 Å². The summed E-state index contributed by atoms with van der Waals surface area (Å²) in [5, 5.41) is 3.77. The Bertz CT molecular complexity index is 1170. The highest BCUT2D eigenvalue weighted by molar-refractivity contribution is 6.35. The molecule has 144 valence electrons. The summed E-state index contributed by atoms with van der Waals surface area (Å²) in [5.41, 5.74) is 5.04. The molecule has 1 aliphatic rings. The highest BCUT2D eigenvalue weighted by atomic mass is 35.5. The molecule has 29 heavy (non-hydrogen) atoms. The lowest BCUT2D eigenvalue weighted by Gasteiger charge is -2.12. The Kier molecular flexibility index (Phi) is 4.10. The Balaban J connectivity index is 1.77. The van der Waals surface area contributed by atoms with E-state index in [0.29, 0.717) is 27.9 Å². The van der Waals surface area contributed by atoms with Crippen LogP contribution in [0.25, 0.3) is 33.9 Å². The number of nitrogens with one attached hydrogen (secondary N) is 2. The van der Waals surface area contributed by atoms with Crippen molar-refractivity contribution in [2.45, 2.75) is 0 Å². The van der Waals surface area contributed by atoms with Gasteiger partial charge in [-0.1, -0.05) is 11.6 Å². The molecule has 8 heteroatoms. The monoisotopic (exact) mass is 405 g/mol. The number of aromatic nitrogens is 4. The van der Waals surface area contributed by atoms with E-state index in [1.165, 1.54) is 0 Å². The topological polar surface area (TPSA) is 85.0 Å². The van der Waals surface area contributed by atoms with Crippen molar-refractivity contribution in [1.82, 2.24) is 19.9 Å². The number of H-pyrrole nitrogens is 1. The van der Waals surface area contributed by atoms with Gasteiger partial charge in [0.1, 0.15) is 17.3 Å². The maximum Gasteiger partial charge on any atom is 0.180 e. The van der Waals surface area contributed by atoms with E-state index < -0.39 is 0 Å². The van der Waals surface area contributed by atoms with Crippen LogP contribution in [0, 0.1) is 0 Å². The number of nitrogens with zero attached hydrogens (tertiary/aromatic N) is 3. The first-order valence-electron chi connectivity index (χ1n) is 8.89. The lowest BCUT2D eigenvalue weighted by Crippen LogP contribution is -1.96. The molecular formula is C21H16ClN5O2. The first-order valence-corrected chi connectivity index (χ1v) is 9.26. The van der Waals surface area contributed by atoms with Gasteiger partial charge in [0, 0.05) is 29.1 Å². The third-order valence-corrected chi connectivity index (χ3v) is 5.23. The predicted octanol–water partition coefficient (Wildman–Crippen LogP) is 4.93. The van der Waals surface area contributed by atoms with Gasteiger partial charge in [-0.2, -0.15) is 0 Å². The molecule has 5 rings (SSSR count). The lowest BCUT2D eigenvalue weighted by molar-refractivity contribution is 0.355. The van der Waals surface area contributed by atoms with Gasteiger partial charge in [-0.15, -0.1) is 0 Å². The number of imidazole rings is 1. The van der Waals surface area contributed by atoms with Gasteiger partial charge in [0.25, 0.3) is 0 Å². The number of halogens is 1. The number of ether oxygens (including phenoxy) is 2. The van der Waals surface area contributed by atoms with E-state index in [0.717, 1.165) is 34.0 Å². The molecule has 1 aromatic carbocycles. The van der Waals surface area contributed by atoms with Crippen molar-refractivity contribution in [3.63, 3.8) is 0 Å². The number of fused-ring (bicyclic) bond motifs is 5. The van der Waals surface area contributed by atoms with Crippen LogP contribution in [0.3, 0.4) is 0 Å². The fourth-order valence-electron chi connectivity index (χ4n) is 3.50. The molecule has 0 radical (unpaired) electrons. The Morgan fingerprint density at radius 2 is 1.86 bits per heavy atom. The zero-order chi connectivity index (χ0) is 20.0. The van der Waals surface area contributed by atoms with Crippen molar-refractivity contribution in [2.24, 2.45) is 0 Å². The molecule has 0 amide bonds. The minimum absolute atomic E-state index is 0.426. The molecule has 2 N–H and O–H groups in total. The summed E-state index contributed by atoms with van der Waals surface area (Å²) >= 11 is 6.62. The van der Waals surface area contributed by atoms with Crippen molar-refractivity contribution >= 4 is 23.1 Å². The zero-order valence-corrected chi connectivity index (χ0v) is 16.4. The molecule has 7 nitrogen and oxygen atoms in total. The van der Waals surface area contributed by atoms with Gasteiger partial charge in [-0.05, 0) is 30.3 Å². The van der Waals surface area contributed by atoms with Crippen LogP contribution in [0.1, 0.15) is 0 Å². The fourth-order valence-corrected chi connectivity index (χ4v) is 3.82. The summed E-state index contributed by atoms with van der Waals surface area (Å²) < 4.78 is 10.8. The minimum atomic E-state index is 0.426. The van der Waals surface area contributed by atoms with Crippen molar-refractivity contribution in [3.05, 3.63) is 53.9 Å². The van der Waals surface area contributed by atoms with Gasteiger partial charge >= 0.3 is 0 Å². The van der Waals surface area contributed by atoms with Crippen molar-refractivity contribution in [1.29, 1.82) is 0 Å². The van der Waals surface area contributed by atoms with Gasteiger partial charge in [0.15, 0.2) is 11.5 Å². The number of pyridine rings is 2. The van der Waals surface area contributed by atoms with Crippen molar-refractivity contribution < 1.29 is 9.47 Å². The van der Waals surface area contributed by atoms with Crippen LogP contribution in [0.15, 0.2) is 48.9 Å². The molecule has 0 spiro atoms. The Morgan fingerprint density at radius 1 is 0.966 bits per heavy atom. The van der Waals surface area contributed by atoms with Crippen molar-refractivity contribution in [3.8, 4) is 45.4 Å². The van der Waals surface area contributed by atoms with E-state index in [9.17, 15) is 0 Å². The maximum atomic E-state index is 6.62. The second-order valence-corrected chi connectivity index (χ2v) is 6.80. The van der Waals surface area contributed by atoms with Crippen LogP contribution in [0.4, 0.5) is 11.5 Å². The molecule has 0 atom stereocenters. The standard InChI is InChI=1S/C21H16ClN5O2/c1-28-15-6-5-12(16(22)19(15)29-2)21-26-17-11-7-9-23-10-14(11)25-20-13(18(17)27-21)4-3-8-24-20/h3-10H,1-2H3,(H,24,25)(H,26,27). The van der Waals surface area contributed by atoms with Gasteiger partial charge in [0.05, 0.1) is 36.8 Å². The second kappa shape index (κ2) is 6.79. The molecule has 0 unspecified atom stereocenters. The third-order valence-electron chi connectivity index (χ3n) is 4.85. The Hall–Kier alpha value is -3.58. The summed E-state index contributed by atoms with van der Waals surface area (Å²) in [6.07, 6.45) is 5.26. The minimum Gasteiger partial charge on any atom is -0.493 e. The summed E-state index contributed by atoms with van der Waals surface area (Å²) in [4.78, 5) is 17.0. The molecule has 0 saturated heterocycles. The van der Waals surface area contributed by atoms with Crippen LogP contribution >= 0.6 is 11.6 Å². The van der Waals surface area contributed by atoms with E-state index >= 15 is 0 Å². The summed E-state index contributed by atoms with van der Waals surface area (Å²) in [7, 11) is 3.13. The van der Waals surface area contributed by atoms with E-state index in [-0.39, 0.29) is 0 Å². The number of hydrogen-bond donors (Lipinski definition) is 2.